The van der Waals surface area contributed by atoms with Gasteiger partial charge < -0.3 is 10.5 Å². The number of Topliss-reactive ketones (excluding diaryl/α,β-unsaturated/α-hetero) is 1. The second-order valence-corrected chi connectivity index (χ2v) is 3.85. The van der Waals surface area contributed by atoms with Crippen LogP contribution < -0.4 is 10.5 Å². The number of carbonyl (C=O) groups is 1. The second-order valence-electron chi connectivity index (χ2n) is 2.93. The molecule has 0 atom stereocenters. The lowest BCUT2D eigenvalue weighted by molar-refractivity contribution is 0.0980. The summed E-state index contributed by atoms with van der Waals surface area (Å²) in [5, 5.41) is 0. The van der Waals surface area contributed by atoms with Crippen molar-refractivity contribution in [2.45, 2.75) is 6.42 Å². The Bertz CT molecular complexity index is 382. The van der Waals surface area contributed by atoms with Crippen LogP contribution in [-0.2, 0) is 0 Å². The molecule has 1 aromatic rings. The maximum atomic E-state index is 13.6. The van der Waals surface area contributed by atoms with Crippen molar-refractivity contribution >= 4 is 21.7 Å². The van der Waals surface area contributed by atoms with Gasteiger partial charge in [0.05, 0.1) is 12.7 Å². The molecule has 0 bridgehead atoms. The third kappa shape index (κ3) is 2.76. The molecule has 1 rings (SSSR count). The minimum atomic E-state index is -0.640. The SMILES string of the molecule is COc1cc(Br)cc(C(=O)CCN)c1F. The van der Waals surface area contributed by atoms with Crippen LogP contribution in [-0.4, -0.2) is 19.4 Å². The maximum Gasteiger partial charge on any atom is 0.175 e. The molecule has 0 fully saturated rings. The van der Waals surface area contributed by atoms with E-state index in [0.29, 0.717) is 4.47 Å². The van der Waals surface area contributed by atoms with Crippen LogP contribution in [0.25, 0.3) is 0 Å². The van der Waals surface area contributed by atoms with Gasteiger partial charge in [0.15, 0.2) is 17.3 Å². The van der Waals surface area contributed by atoms with Crippen LogP contribution in [0.1, 0.15) is 16.8 Å². The van der Waals surface area contributed by atoms with Gasteiger partial charge in [-0.3, -0.25) is 4.79 Å². The third-order valence-corrected chi connectivity index (χ3v) is 2.35. The van der Waals surface area contributed by atoms with Crippen LogP contribution in [0.4, 0.5) is 4.39 Å². The van der Waals surface area contributed by atoms with Crippen molar-refractivity contribution in [3.63, 3.8) is 0 Å². The van der Waals surface area contributed by atoms with Crippen LogP contribution in [0.15, 0.2) is 16.6 Å². The van der Waals surface area contributed by atoms with Gasteiger partial charge >= 0.3 is 0 Å². The van der Waals surface area contributed by atoms with Gasteiger partial charge in [0, 0.05) is 10.9 Å². The number of ether oxygens (including phenoxy) is 1. The average molecular weight is 276 g/mol. The van der Waals surface area contributed by atoms with Gasteiger partial charge in [-0.25, -0.2) is 4.39 Å². The summed E-state index contributed by atoms with van der Waals surface area (Å²) in [6.45, 7) is 0.201. The molecule has 0 amide bonds. The lowest BCUT2D eigenvalue weighted by Crippen LogP contribution is -2.10. The Balaban J connectivity index is 3.17. The zero-order valence-corrected chi connectivity index (χ0v) is 9.80. The van der Waals surface area contributed by atoms with Crippen LogP contribution in [0.5, 0.6) is 5.75 Å². The highest BCUT2D eigenvalue weighted by Gasteiger charge is 2.16. The molecule has 1 aromatic carbocycles. The van der Waals surface area contributed by atoms with Gasteiger partial charge in [0.1, 0.15) is 0 Å². The number of benzene rings is 1. The largest absolute Gasteiger partial charge is 0.494 e. The standard InChI is InChI=1S/C10H11BrFNO2/c1-15-9-5-6(11)4-7(10(9)12)8(14)2-3-13/h4-5H,2-3,13H2,1H3. The molecule has 3 nitrogen and oxygen atoms in total. The molecule has 5 heteroatoms. The van der Waals surface area contributed by atoms with E-state index in [-0.39, 0.29) is 30.1 Å². The van der Waals surface area contributed by atoms with Gasteiger partial charge in [-0.05, 0) is 18.7 Å². The number of methoxy groups -OCH3 is 1. The first kappa shape index (κ1) is 12.1. The van der Waals surface area contributed by atoms with E-state index in [1.807, 2.05) is 0 Å². The summed E-state index contributed by atoms with van der Waals surface area (Å²) in [6.07, 6.45) is 0.122. The molecule has 0 spiro atoms. The first-order valence-corrected chi connectivity index (χ1v) is 5.15. The van der Waals surface area contributed by atoms with Crippen molar-refractivity contribution in [1.29, 1.82) is 0 Å². The molecular formula is C10H11BrFNO2. The molecule has 0 aliphatic rings. The molecule has 0 aliphatic heterocycles. The molecule has 2 N–H and O–H groups in total. The Labute approximate surface area is 95.5 Å². The highest BCUT2D eigenvalue weighted by molar-refractivity contribution is 9.10. The number of rotatable bonds is 4. The minimum absolute atomic E-state index is 0.00618. The van der Waals surface area contributed by atoms with E-state index in [0.717, 1.165) is 0 Å². The predicted molar refractivity (Wildman–Crippen MR) is 58.7 cm³/mol. The fourth-order valence-corrected chi connectivity index (χ4v) is 1.62. The molecule has 82 valence electrons. The predicted octanol–water partition coefficient (Wildman–Crippen LogP) is 2.13. The summed E-state index contributed by atoms with van der Waals surface area (Å²) in [7, 11) is 1.35. The monoisotopic (exact) mass is 275 g/mol. The Morgan fingerprint density at radius 1 is 1.60 bits per heavy atom. The number of nitrogens with two attached hydrogens (primary N) is 1. The van der Waals surface area contributed by atoms with Crippen LogP contribution in [0, 0.1) is 5.82 Å². The Hall–Kier alpha value is -0.940. The lowest BCUT2D eigenvalue weighted by Gasteiger charge is -2.07. The number of halogens is 2. The van der Waals surface area contributed by atoms with Crippen molar-refractivity contribution in [2.24, 2.45) is 5.73 Å². The summed E-state index contributed by atoms with van der Waals surface area (Å²) in [6, 6.07) is 2.89. The van der Waals surface area contributed by atoms with Crippen molar-refractivity contribution in [3.8, 4) is 5.75 Å². The molecule has 15 heavy (non-hydrogen) atoms. The van der Waals surface area contributed by atoms with E-state index in [2.05, 4.69) is 15.9 Å². The van der Waals surface area contributed by atoms with E-state index in [9.17, 15) is 9.18 Å². The summed E-state index contributed by atoms with van der Waals surface area (Å²) in [5.41, 5.74) is 5.25. The highest BCUT2D eigenvalue weighted by atomic mass is 79.9. The van der Waals surface area contributed by atoms with Gasteiger partial charge in [-0.2, -0.15) is 0 Å². The fourth-order valence-electron chi connectivity index (χ4n) is 1.18. The lowest BCUT2D eigenvalue weighted by atomic mass is 10.1. The van der Waals surface area contributed by atoms with Crippen LogP contribution in [0.2, 0.25) is 0 Å². The highest BCUT2D eigenvalue weighted by Crippen LogP contribution is 2.26. The number of hydrogen-bond acceptors (Lipinski definition) is 3. The zero-order valence-electron chi connectivity index (χ0n) is 8.22. The second kappa shape index (κ2) is 5.23. The molecule has 0 aromatic heterocycles. The fraction of sp³-hybridized carbons (Fsp3) is 0.300. The van der Waals surface area contributed by atoms with Crippen LogP contribution >= 0.6 is 15.9 Å². The average Bonchev–Trinajstić information content (AvgIpc) is 2.21. The maximum absolute atomic E-state index is 13.6. The zero-order chi connectivity index (χ0) is 11.4. The molecular weight excluding hydrogens is 265 g/mol. The normalized spacial score (nSPS) is 10.1. The van der Waals surface area contributed by atoms with Crippen molar-refractivity contribution in [1.82, 2.24) is 0 Å². The number of carbonyl (C=O) groups excluding carboxylic acids is 1. The quantitative estimate of drug-likeness (QED) is 0.857. The van der Waals surface area contributed by atoms with Crippen molar-refractivity contribution in [3.05, 3.63) is 28.0 Å². The molecule has 0 heterocycles. The smallest absolute Gasteiger partial charge is 0.175 e. The Morgan fingerprint density at radius 2 is 2.27 bits per heavy atom. The van der Waals surface area contributed by atoms with E-state index < -0.39 is 5.82 Å². The molecule has 0 radical (unpaired) electrons. The third-order valence-electron chi connectivity index (χ3n) is 1.90. The van der Waals surface area contributed by atoms with Crippen LogP contribution in [0.3, 0.4) is 0 Å². The summed E-state index contributed by atoms with van der Waals surface area (Å²) in [5.74, 6) is -0.918. The Kier molecular flexibility index (Phi) is 4.23. The topological polar surface area (TPSA) is 52.3 Å². The van der Waals surface area contributed by atoms with Crippen molar-refractivity contribution in [2.75, 3.05) is 13.7 Å². The van der Waals surface area contributed by atoms with E-state index in [4.69, 9.17) is 10.5 Å². The first-order chi connectivity index (χ1) is 7.10. The van der Waals surface area contributed by atoms with E-state index in [1.54, 1.807) is 0 Å². The summed E-state index contributed by atoms with van der Waals surface area (Å²) < 4.78 is 19.0. The van der Waals surface area contributed by atoms with Gasteiger partial charge in [-0.1, -0.05) is 15.9 Å². The van der Waals surface area contributed by atoms with Gasteiger partial charge in [0.2, 0.25) is 0 Å². The summed E-state index contributed by atoms with van der Waals surface area (Å²) >= 11 is 3.18. The molecule has 0 aliphatic carbocycles. The molecule has 0 unspecified atom stereocenters. The molecule has 0 saturated carbocycles. The molecule has 0 saturated heterocycles. The van der Waals surface area contributed by atoms with Gasteiger partial charge in [-0.15, -0.1) is 0 Å². The van der Waals surface area contributed by atoms with E-state index >= 15 is 0 Å². The summed E-state index contributed by atoms with van der Waals surface area (Å²) in [4.78, 5) is 11.5. The minimum Gasteiger partial charge on any atom is -0.494 e. The van der Waals surface area contributed by atoms with Crippen molar-refractivity contribution < 1.29 is 13.9 Å². The van der Waals surface area contributed by atoms with Gasteiger partial charge in [0.25, 0.3) is 0 Å². The number of hydrogen-bond donors (Lipinski definition) is 1. The van der Waals surface area contributed by atoms with E-state index in [1.165, 1.54) is 19.2 Å². The number of ketones is 1. The Morgan fingerprint density at radius 3 is 2.80 bits per heavy atom. The first-order valence-electron chi connectivity index (χ1n) is 4.36.